The third-order valence-electron chi connectivity index (χ3n) is 4.46. The van der Waals surface area contributed by atoms with E-state index in [4.69, 9.17) is 0 Å². The van der Waals surface area contributed by atoms with E-state index >= 15 is 0 Å². The van der Waals surface area contributed by atoms with Crippen LogP contribution in [0.25, 0.3) is 0 Å². The van der Waals surface area contributed by atoms with Gasteiger partial charge < -0.3 is 10.2 Å². The van der Waals surface area contributed by atoms with Crippen molar-refractivity contribution >= 4 is 5.69 Å². The van der Waals surface area contributed by atoms with Gasteiger partial charge in [-0.3, -0.25) is 0 Å². The van der Waals surface area contributed by atoms with Gasteiger partial charge in [-0.25, -0.2) is 0 Å². The number of nitrogens with one attached hydrogen (secondary N) is 1. The molecule has 2 heteroatoms. The molecule has 1 heterocycles. The molecule has 112 valence electrons. The Morgan fingerprint density at radius 2 is 2.00 bits per heavy atom. The molecule has 1 atom stereocenters. The van der Waals surface area contributed by atoms with Crippen molar-refractivity contribution in [3.05, 3.63) is 29.8 Å². The van der Waals surface area contributed by atoms with E-state index in [0.29, 0.717) is 6.04 Å². The number of anilines is 1. The molecule has 2 rings (SSSR count). The monoisotopic (exact) mass is 274 g/mol. The molecular formula is C18H30N2. The van der Waals surface area contributed by atoms with Crippen molar-refractivity contribution in [1.82, 2.24) is 5.32 Å². The van der Waals surface area contributed by atoms with Crippen LogP contribution >= 0.6 is 0 Å². The standard InChI is InChI=1S/C18H30N2/c1-4-16-8-7-12-20(13-11-16)18-10-6-5-9-17(18)14-19-15(2)3/h5-6,9-10,15-16,19H,4,7-8,11-14H2,1-3H3. The fourth-order valence-corrected chi connectivity index (χ4v) is 3.10. The first kappa shape index (κ1) is 15.4. The van der Waals surface area contributed by atoms with E-state index in [1.54, 1.807) is 0 Å². The van der Waals surface area contributed by atoms with Gasteiger partial charge in [0.1, 0.15) is 0 Å². The maximum absolute atomic E-state index is 3.55. The van der Waals surface area contributed by atoms with Crippen LogP contribution < -0.4 is 10.2 Å². The van der Waals surface area contributed by atoms with E-state index in [1.165, 1.54) is 50.0 Å². The predicted octanol–water partition coefficient (Wildman–Crippen LogP) is 4.20. The number of nitrogens with zero attached hydrogens (tertiary/aromatic N) is 1. The zero-order valence-corrected chi connectivity index (χ0v) is 13.4. The molecule has 1 unspecified atom stereocenters. The summed E-state index contributed by atoms with van der Waals surface area (Å²) in [6.07, 6.45) is 5.43. The molecule has 1 aliphatic heterocycles. The van der Waals surface area contributed by atoms with E-state index in [9.17, 15) is 0 Å². The Morgan fingerprint density at radius 1 is 1.20 bits per heavy atom. The minimum atomic E-state index is 0.539. The van der Waals surface area contributed by atoms with Crippen LogP contribution in [-0.2, 0) is 6.54 Å². The number of hydrogen-bond donors (Lipinski definition) is 1. The van der Waals surface area contributed by atoms with Crippen LogP contribution in [0.4, 0.5) is 5.69 Å². The summed E-state index contributed by atoms with van der Waals surface area (Å²) < 4.78 is 0. The van der Waals surface area contributed by atoms with Gasteiger partial charge in [0.15, 0.2) is 0 Å². The van der Waals surface area contributed by atoms with Crippen LogP contribution in [0.3, 0.4) is 0 Å². The third kappa shape index (κ3) is 4.24. The number of benzene rings is 1. The number of hydrogen-bond acceptors (Lipinski definition) is 2. The molecule has 0 saturated carbocycles. The highest BCUT2D eigenvalue weighted by molar-refractivity contribution is 5.53. The van der Waals surface area contributed by atoms with Crippen molar-refractivity contribution in [2.45, 2.75) is 59.0 Å². The minimum Gasteiger partial charge on any atom is -0.371 e. The van der Waals surface area contributed by atoms with Crippen LogP contribution in [0.5, 0.6) is 0 Å². The highest BCUT2D eigenvalue weighted by Gasteiger charge is 2.17. The average Bonchev–Trinajstić information content (AvgIpc) is 2.70. The quantitative estimate of drug-likeness (QED) is 0.865. The lowest BCUT2D eigenvalue weighted by atomic mass is 9.98. The summed E-state index contributed by atoms with van der Waals surface area (Å²) in [6.45, 7) is 10.2. The summed E-state index contributed by atoms with van der Waals surface area (Å²) in [5, 5.41) is 3.55. The van der Waals surface area contributed by atoms with Crippen LogP contribution in [0.15, 0.2) is 24.3 Å². The van der Waals surface area contributed by atoms with Gasteiger partial charge in [-0.15, -0.1) is 0 Å². The van der Waals surface area contributed by atoms with Crippen molar-refractivity contribution in [2.24, 2.45) is 5.92 Å². The molecule has 0 bridgehead atoms. The molecule has 0 spiro atoms. The Labute approximate surface area is 124 Å². The number of para-hydroxylation sites is 1. The van der Waals surface area contributed by atoms with Crippen molar-refractivity contribution in [1.29, 1.82) is 0 Å². The fraction of sp³-hybridized carbons (Fsp3) is 0.667. The second-order valence-electron chi connectivity index (χ2n) is 6.36. The van der Waals surface area contributed by atoms with E-state index in [2.05, 4.69) is 55.3 Å². The zero-order chi connectivity index (χ0) is 14.4. The van der Waals surface area contributed by atoms with Crippen molar-refractivity contribution < 1.29 is 0 Å². The van der Waals surface area contributed by atoms with E-state index in [1.807, 2.05) is 0 Å². The Kier molecular flexibility index (Phi) is 5.90. The van der Waals surface area contributed by atoms with Gasteiger partial charge in [-0.2, -0.15) is 0 Å². The summed E-state index contributed by atoms with van der Waals surface area (Å²) in [5.74, 6) is 0.931. The Hall–Kier alpha value is -1.02. The predicted molar refractivity (Wildman–Crippen MR) is 88.3 cm³/mol. The third-order valence-corrected chi connectivity index (χ3v) is 4.46. The highest BCUT2D eigenvalue weighted by atomic mass is 15.1. The first-order chi connectivity index (χ1) is 9.70. The first-order valence-corrected chi connectivity index (χ1v) is 8.27. The van der Waals surface area contributed by atoms with Gasteiger partial charge in [0.2, 0.25) is 0 Å². The second kappa shape index (κ2) is 7.68. The second-order valence-corrected chi connectivity index (χ2v) is 6.36. The first-order valence-electron chi connectivity index (χ1n) is 8.27. The zero-order valence-electron chi connectivity index (χ0n) is 13.4. The van der Waals surface area contributed by atoms with Crippen molar-refractivity contribution in [2.75, 3.05) is 18.0 Å². The molecule has 0 amide bonds. The summed E-state index contributed by atoms with van der Waals surface area (Å²) in [6, 6.07) is 9.44. The van der Waals surface area contributed by atoms with E-state index in [-0.39, 0.29) is 0 Å². The maximum atomic E-state index is 3.55. The molecule has 1 fully saturated rings. The lowest BCUT2D eigenvalue weighted by Gasteiger charge is -2.26. The molecular weight excluding hydrogens is 244 g/mol. The SMILES string of the molecule is CCC1CCCN(c2ccccc2CNC(C)C)CC1. The molecule has 0 aromatic heterocycles. The minimum absolute atomic E-state index is 0.539. The van der Waals surface area contributed by atoms with Gasteiger partial charge in [-0.1, -0.05) is 45.4 Å². The smallest absolute Gasteiger partial charge is 0.0411 e. The fourth-order valence-electron chi connectivity index (χ4n) is 3.10. The topological polar surface area (TPSA) is 15.3 Å². The average molecular weight is 274 g/mol. The Bertz CT molecular complexity index is 400. The van der Waals surface area contributed by atoms with Crippen molar-refractivity contribution in [3.8, 4) is 0 Å². The summed E-state index contributed by atoms with van der Waals surface area (Å²) in [7, 11) is 0. The lowest BCUT2D eigenvalue weighted by Crippen LogP contribution is -2.28. The Morgan fingerprint density at radius 3 is 2.75 bits per heavy atom. The van der Waals surface area contributed by atoms with Crippen molar-refractivity contribution in [3.63, 3.8) is 0 Å². The van der Waals surface area contributed by atoms with Crippen LogP contribution in [-0.4, -0.2) is 19.1 Å². The molecule has 1 aliphatic rings. The van der Waals surface area contributed by atoms with Crippen LogP contribution in [0, 0.1) is 5.92 Å². The maximum Gasteiger partial charge on any atom is 0.0411 e. The molecule has 1 aromatic carbocycles. The van der Waals surface area contributed by atoms with Gasteiger partial charge >= 0.3 is 0 Å². The van der Waals surface area contributed by atoms with Gasteiger partial charge in [0.05, 0.1) is 0 Å². The van der Waals surface area contributed by atoms with Gasteiger partial charge in [0.25, 0.3) is 0 Å². The number of rotatable bonds is 5. The van der Waals surface area contributed by atoms with Gasteiger partial charge in [0, 0.05) is 31.4 Å². The molecule has 1 N–H and O–H groups in total. The molecule has 1 saturated heterocycles. The largest absolute Gasteiger partial charge is 0.371 e. The highest BCUT2D eigenvalue weighted by Crippen LogP contribution is 2.27. The van der Waals surface area contributed by atoms with E-state index in [0.717, 1.165) is 12.5 Å². The Balaban J connectivity index is 2.07. The summed E-state index contributed by atoms with van der Waals surface area (Å²) >= 11 is 0. The molecule has 2 nitrogen and oxygen atoms in total. The van der Waals surface area contributed by atoms with E-state index < -0.39 is 0 Å². The van der Waals surface area contributed by atoms with Gasteiger partial charge in [-0.05, 0) is 36.8 Å². The summed E-state index contributed by atoms with van der Waals surface area (Å²) in [5.41, 5.74) is 2.88. The molecule has 1 aromatic rings. The molecule has 20 heavy (non-hydrogen) atoms. The molecule has 0 radical (unpaired) electrons. The summed E-state index contributed by atoms with van der Waals surface area (Å²) in [4.78, 5) is 2.60. The normalized spacial score (nSPS) is 20.2. The molecule has 0 aliphatic carbocycles. The lowest BCUT2D eigenvalue weighted by molar-refractivity contribution is 0.459. The van der Waals surface area contributed by atoms with Crippen LogP contribution in [0.1, 0.15) is 52.0 Å². The van der Waals surface area contributed by atoms with Crippen LogP contribution in [0.2, 0.25) is 0 Å².